The smallest absolute Gasteiger partial charge is 0.0787 e. The summed E-state index contributed by atoms with van der Waals surface area (Å²) in [5.41, 5.74) is 2.34. The molecule has 0 spiro atoms. The number of aryl methyl sites for hydroxylation is 1. The Hall–Kier alpha value is -0.820. The molecule has 66 valence electrons. The molecule has 0 aliphatic heterocycles. The fourth-order valence-electron chi connectivity index (χ4n) is 1.21. The molecule has 1 nitrogen and oxygen atoms in total. The Morgan fingerprint density at radius 3 is 2.17 bits per heavy atom. The molecule has 1 unspecified atom stereocenters. The van der Waals surface area contributed by atoms with Gasteiger partial charge in [0.05, 0.1) is 6.10 Å². The third-order valence-electron chi connectivity index (χ3n) is 2.16. The van der Waals surface area contributed by atoms with Crippen LogP contribution in [0.4, 0.5) is 0 Å². The van der Waals surface area contributed by atoms with Gasteiger partial charge in [-0.3, -0.25) is 0 Å². The Morgan fingerprint density at radius 2 is 1.75 bits per heavy atom. The highest BCUT2D eigenvalue weighted by molar-refractivity contribution is 5.23. The van der Waals surface area contributed by atoms with Gasteiger partial charge >= 0.3 is 0 Å². The maximum atomic E-state index is 9.49. The molecule has 12 heavy (non-hydrogen) atoms. The Kier molecular flexibility index (Phi) is 3.30. The second-order valence-electron chi connectivity index (χ2n) is 3.02. The molecule has 0 aliphatic rings. The van der Waals surface area contributed by atoms with Crippen LogP contribution in [0.3, 0.4) is 0 Å². The van der Waals surface area contributed by atoms with E-state index in [2.05, 4.69) is 19.1 Å². The van der Waals surface area contributed by atoms with Gasteiger partial charge < -0.3 is 5.11 Å². The Balaban J connectivity index is 2.77. The summed E-state index contributed by atoms with van der Waals surface area (Å²) in [7, 11) is 0. The van der Waals surface area contributed by atoms with Crippen LogP contribution in [0, 0.1) is 0 Å². The lowest BCUT2D eigenvalue weighted by molar-refractivity contribution is 0.173. The number of hydrogen-bond donors (Lipinski definition) is 1. The summed E-state index contributed by atoms with van der Waals surface area (Å²) >= 11 is 0. The molecule has 0 fully saturated rings. The molecule has 0 heterocycles. The van der Waals surface area contributed by atoms with Crippen LogP contribution in [0.5, 0.6) is 0 Å². The molecule has 0 saturated carbocycles. The second-order valence-corrected chi connectivity index (χ2v) is 3.02. The first-order chi connectivity index (χ1) is 5.77. The third kappa shape index (κ3) is 2.08. The molecule has 1 aromatic carbocycles. The minimum absolute atomic E-state index is 0.295. The Labute approximate surface area is 74.1 Å². The van der Waals surface area contributed by atoms with Gasteiger partial charge in [-0.15, -0.1) is 0 Å². The molecule has 1 N–H and O–H groups in total. The van der Waals surface area contributed by atoms with Crippen molar-refractivity contribution in [1.29, 1.82) is 0 Å². The van der Waals surface area contributed by atoms with E-state index in [1.165, 1.54) is 5.56 Å². The van der Waals surface area contributed by atoms with Crippen LogP contribution in [-0.4, -0.2) is 5.11 Å². The first-order valence-corrected chi connectivity index (χ1v) is 4.54. The molecule has 0 radical (unpaired) electrons. The van der Waals surface area contributed by atoms with Crippen molar-refractivity contribution in [3.8, 4) is 0 Å². The predicted octanol–water partition coefficient (Wildman–Crippen LogP) is 2.69. The summed E-state index contributed by atoms with van der Waals surface area (Å²) in [5.74, 6) is 0. The van der Waals surface area contributed by atoms with E-state index in [1.807, 2.05) is 19.1 Å². The van der Waals surface area contributed by atoms with Crippen LogP contribution in [0.15, 0.2) is 24.3 Å². The van der Waals surface area contributed by atoms with Gasteiger partial charge in [-0.25, -0.2) is 0 Å². The summed E-state index contributed by atoms with van der Waals surface area (Å²) in [6, 6.07) is 8.17. The third-order valence-corrected chi connectivity index (χ3v) is 2.16. The van der Waals surface area contributed by atoms with Crippen molar-refractivity contribution in [1.82, 2.24) is 0 Å². The SMILES string of the molecule is CCc1ccc(C(O)CC)cc1. The summed E-state index contributed by atoms with van der Waals surface area (Å²) < 4.78 is 0. The van der Waals surface area contributed by atoms with Gasteiger partial charge in [-0.2, -0.15) is 0 Å². The van der Waals surface area contributed by atoms with Crippen molar-refractivity contribution in [2.75, 3.05) is 0 Å². The highest BCUT2D eigenvalue weighted by atomic mass is 16.3. The van der Waals surface area contributed by atoms with E-state index in [-0.39, 0.29) is 6.10 Å². The highest BCUT2D eigenvalue weighted by Gasteiger charge is 2.02. The number of aliphatic hydroxyl groups is 1. The van der Waals surface area contributed by atoms with Gasteiger partial charge in [0, 0.05) is 0 Å². The summed E-state index contributed by atoms with van der Waals surface area (Å²) in [6.45, 7) is 4.11. The van der Waals surface area contributed by atoms with Gasteiger partial charge in [0.15, 0.2) is 0 Å². The van der Waals surface area contributed by atoms with Gasteiger partial charge in [-0.1, -0.05) is 38.1 Å². The van der Waals surface area contributed by atoms with Crippen molar-refractivity contribution in [3.05, 3.63) is 35.4 Å². The summed E-state index contributed by atoms with van der Waals surface area (Å²) in [4.78, 5) is 0. The Morgan fingerprint density at radius 1 is 1.17 bits per heavy atom. The second kappa shape index (κ2) is 4.27. The maximum Gasteiger partial charge on any atom is 0.0787 e. The molecule has 0 bridgehead atoms. The molecule has 1 aromatic rings. The van der Waals surface area contributed by atoms with E-state index in [0.717, 1.165) is 18.4 Å². The molecule has 1 atom stereocenters. The van der Waals surface area contributed by atoms with Gasteiger partial charge in [0.2, 0.25) is 0 Å². The largest absolute Gasteiger partial charge is 0.388 e. The summed E-state index contributed by atoms with van der Waals surface area (Å²) in [6.07, 6.45) is 1.55. The fraction of sp³-hybridized carbons (Fsp3) is 0.455. The first kappa shape index (κ1) is 9.27. The molecule has 0 aliphatic carbocycles. The van der Waals surface area contributed by atoms with Gasteiger partial charge in [0.25, 0.3) is 0 Å². The van der Waals surface area contributed by atoms with Crippen LogP contribution >= 0.6 is 0 Å². The number of hydrogen-bond acceptors (Lipinski definition) is 1. The molecular weight excluding hydrogens is 148 g/mol. The Bertz CT molecular complexity index is 225. The minimum Gasteiger partial charge on any atom is -0.388 e. The van der Waals surface area contributed by atoms with E-state index in [1.54, 1.807) is 0 Å². The zero-order chi connectivity index (χ0) is 8.97. The molecule has 0 saturated heterocycles. The molecular formula is C11H16O. The van der Waals surface area contributed by atoms with Crippen LogP contribution in [0.1, 0.15) is 37.5 Å². The predicted molar refractivity (Wildman–Crippen MR) is 51.1 cm³/mol. The van der Waals surface area contributed by atoms with Crippen molar-refractivity contribution in [3.63, 3.8) is 0 Å². The first-order valence-electron chi connectivity index (χ1n) is 4.54. The molecule has 1 heteroatoms. The lowest BCUT2D eigenvalue weighted by Crippen LogP contribution is -1.94. The van der Waals surface area contributed by atoms with Crippen molar-refractivity contribution < 1.29 is 5.11 Å². The van der Waals surface area contributed by atoms with Gasteiger partial charge in [-0.05, 0) is 24.0 Å². The molecule has 1 rings (SSSR count). The van der Waals surface area contributed by atoms with E-state index < -0.39 is 0 Å². The minimum atomic E-state index is -0.295. The normalized spacial score (nSPS) is 12.9. The highest BCUT2D eigenvalue weighted by Crippen LogP contribution is 2.16. The van der Waals surface area contributed by atoms with Crippen LogP contribution in [0.2, 0.25) is 0 Å². The standard InChI is InChI=1S/C11H16O/c1-3-9-5-7-10(8-6-9)11(12)4-2/h5-8,11-12H,3-4H2,1-2H3. The number of aliphatic hydroxyl groups excluding tert-OH is 1. The lowest BCUT2D eigenvalue weighted by Gasteiger charge is -2.07. The van der Waals surface area contributed by atoms with Crippen molar-refractivity contribution >= 4 is 0 Å². The van der Waals surface area contributed by atoms with E-state index >= 15 is 0 Å². The lowest BCUT2D eigenvalue weighted by atomic mass is 10.0. The van der Waals surface area contributed by atoms with Crippen molar-refractivity contribution in [2.24, 2.45) is 0 Å². The van der Waals surface area contributed by atoms with Crippen LogP contribution < -0.4 is 0 Å². The van der Waals surface area contributed by atoms with E-state index in [4.69, 9.17) is 0 Å². The van der Waals surface area contributed by atoms with E-state index in [0.29, 0.717) is 0 Å². The zero-order valence-electron chi connectivity index (χ0n) is 7.75. The van der Waals surface area contributed by atoms with Crippen LogP contribution in [0.25, 0.3) is 0 Å². The van der Waals surface area contributed by atoms with Gasteiger partial charge in [0.1, 0.15) is 0 Å². The monoisotopic (exact) mass is 164 g/mol. The van der Waals surface area contributed by atoms with Crippen molar-refractivity contribution in [2.45, 2.75) is 32.8 Å². The number of rotatable bonds is 3. The van der Waals surface area contributed by atoms with Crippen LogP contribution in [-0.2, 0) is 6.42 Å². The molecule has 0 amide bonds. The number of benzene rings is 1. The summed E-state index contributed by atoms with van der Waals surface area (Å²) in [5, 5.41) is 9.49. The average molecular weight is 164 g/mol. The topological polar surface area (TPSA) is 20.2 Å². The zero-order valence-corrected chi connectivity index (χ0v) is 7.75. The average Bonchev–Trinajstić information content (AvgIpc) is 2.17. The van der Waals surface area contributed by atoms with E-state index in [9.17, 15) is 5.11 Å². The maximum absolute atomic E-state index is 9.49. The quantitative estimate of drug-likeness (QED) is 0.728. The fourth-order valence-corrected chi connectivity index (χ4v) is 1.21. The molecule has 0 aromatic heterocycles.